The van der Waals surface area contributed by atoms with Gasteiger partial charge in [0.15, 0.2) is 5.15 Å². The summed E-state index contributed by atoms with van der Waals surface area (Å²) in [7, 11) is 1.40. The molecule has 1 aromatic heterocycles. The number of hydrogen-bond donors (Lipinski definition) is 0. The maximum Gasteiger partial charge on any atom is 0.242 e. The van der Waals surface area contributed by atoms with Crippen molar-refractivity contribution in [3.05, 3.63) is 21.7 Å². The number of azide groups is 1. The van der Waals surface area contributed by atoms with Crippen LogP contribution in [0, 0.1) is 0 Å². The van der Waals surface area contributed by atoms with Gasteiger partial charge in [-0.1, -0.05) is 16.7 Å². The van der Waals surface area contributed by atoms with Crippen LogP contribution in [0.15, 0.2) is 11.2 Å². The molecule has 0 bridgehead atoms. The molecule has 0 fully saturated rings. The molecule has 0 aliphatic heterocycles. The van der Waals surface area contributed by atoms with Gasteiger partial charge in [0, 0.05) is 4.91 Å². The average Bonchev–Trinajstić information content (AvgIpc) is 2.05. The van der Waals surface area contributed by atoms with Crippen molar-refractivity contribution in [1.29, 1.82) is 0 Å². The zero-order valence-electron chi connectivity index (χ0n) is 6.10. The maximum atomic E-state index is 8.14. The summed E-state index contributed by atoms with van der Waals surface area (Å²) in [4.78, 5) is 2.57. The standard InChI is InChI=1S/C5H4ClN5O/c1-12-5-3(8-11-7)2-4(6)9-10-5/h2H,1H3. The maximum absolute atomic E-state index is 8.14. The highest BCUT2D eigenvalue weighted by atomic mass is 35.5. The Kier molecular flexibility index (Phi) is 2.68. The first-order valence-corrected chi connectivity index (χ1v) is 3.28. The van der Waals surface area contributed by atoms with Gasteiger partial charge < -0.3 is 4.74 Å². The van der Waals surface area contributed by atoms with E-state index in [1.54, 1.807) is 0 Å². The molecule has 0 unspecified atom stereocenters. The number of methoxy groups -OCH3 is 1. The van der Waals surface area contributed by atoms with Crippen LogP contribution in [-0.2, 0) is 0 Å². The molecule has 0 aliphatic rings. The van der Waals surface area contributed by atoms with Gasteiger partial charge in [-0.05, 0) is 11.6 Å². The Morgan fingerprint density at radius 1 is 1.67 bits per heavy atom. The molecule has 0 aromatic carbocycles. The van der Waals surface area contributed by atoms with Gasteiger partial charge in [0.25, 0.3) is 0 Å². The summed E-state index contributed by atoms with van der Waals surface area (Å²) in [5.74, 6) is 0.150. The molecule has 0 saturated heterocycles. The Bertz CT molecular complexity index is 335. The molecule has 12 heavy (non-hydrogen) atoms. The Morgan fingerprint density at radius 2 is 2.42 bits per heavy atom. The number of ether oxygens (including phenoxy) is 1. The van der Waals surface area contributed by atoms with E-state index in [0.29, 0.717) is 0 Å². The Labute approximate surface area is 72.8 Å². The lowest BCUT2D eigenvalue weighted by atomic mass is 10.5. The molecule has 0 saturated carbocycles. The first-order valence-electron chi connectivity index (χ1n) is 2.90. The van der Waals surface area contributed by atoms with Crippen LogP contribution in [0.5, 0.6) is 5.88 Å². The van der Waals surface area contributed by atoms with Crippen molar-refractivity contribution in [1.82, 2.24) is 10.2 Å². The van der Waals surface area contributed by atoms with E-state index in [9.17, 15) is 0 Å². The predicted molar refractivity (Wildman–Crippen MR) is 42.4 cm³/mol. The van der Waals surface area contributed by atoms with Gasteiger partial charge >= 0.3 is 0 Å². The van der Waals surface area contributed by atoms with Crippen LogP contribution in [0.25, 0.3) is 10.4 Å². The van der Waals surface area contributed by atoms with E-state index in [1.807, 2.05) is 0 Å². The van der Waals surface area contributed by atoms with Crippen molar-refractivity contribution in [3.63, 3.8) is 0 Å². The topological polar surface area (TPSA) is 83.8 Å². The van der Waals surface area contributed by atoms with E-state index < -0.39 is 0 Å². The van der Waals surface area contributed by atoms with E-state index >= 15 is 0 Å². The Morgan fingerprint density at radius 3 is 3.00 bits per heavy atom. The Hall–Kier alpha value is -1.52. The van der Waals surface area contributed by atoms with Crippen molar-refractivity contribution in [3.8, 4) is 5.88 Å². The van der Waals surface area contributed by atoms with Gasteiger partial charge in [0.2, 0.25) is 5.88 Å². The van der Waals surface area contributed by atoms with E-state index in [4.69, 9.17) is 21.9 Å². The van der Waals surface area contributed by atoms with Crippen LogP contribution in [-0.4, -0.2) is 17.3 Å². The van der Waals surface area contributed by atoms with Gasteiger partial charge in [-0.25, -0.2) is 0 Å². The number of halogens is 1. The monoisotopic (exact) mass is 185 g/mol. The van der Waals surface area contributed by atoms with Crippen molar-refractivity contribution in [2.45, 2.75) is 0 Å². The SMILES string of the molecule is COc1nnc(Cl)cc1N=[N+]=[N-]. The molecule has 1 heterocycles. The summed E-state index contributed by atoms with van der Waals surface area (Å²) >= 11 is 5.50. The molecule has 0 N–H and O–H groups in total. The first-order chi connectivity index (χ1) is 5.77. The second-order valence-electron chi connectivity index (χ2n) is 1.75. The van der Waals surface area contributed by atoms with Gasteiger partial charge in [-0.3, -0.25) is 0 Å². The summed E-state index contributed by atoms with van der Waals surface area (Å²) in [6.07, 6.45) is 0. The molecule has 1 rings (SSSR count). The predicted octanol–water partition coefficient (Wildman–Crippen LogP) is 2.08. The molecule has 7 heteroatoms. The fourth-order valence-electron chi connectivity index (χ4n) is 0.613. The zero-order valence-corrected chi connectivity index (χ0v) is 6.86. The van der Waals surface area contributed by atoms with E-state index in [-0.39, 0.29) is 16.7 Å². The quantitative estimate of drug-likeness (QED) is 0.402. The highest BCUT2D eigenvalue weighted by Crippen LogP contribution is 2.25. The van der Waals surface area contributed by atoms with Crippen LogP contribution in [0.1, 0.15) is 0 Å². The fourth-order valence-corrected chi connectivity index (χ4v) is 0.754. The lowest BCUT2D eigenvalue weighted by Gasteiger charge is -1.99. The second-order valence-corrected chi connectivity index (χ2v) is 2.14. The molecule has 6 nitrogen and oxygen atoms in total. The van der Waals surface area contributed by atoms with Crippen molar-refractivity contribution in [2.75, 3.05) is 7.11 Å². The van der Waals surface area contributed by atoms with Gasteiger partial charge in [-0.2, -0.15) is 0 Å². The zero-order chi connectivity index (χ0) is 8.97. The van der Waals surface area contributed by atoms with Crippen LogP contribution in [0.2, 0.25) is 5.15 Å². The third-order valence-electron chi connectivity index (χ3n) is 1.06. The minimum absolute atomic E-state index is 0.150. The molecule has 0 radical (unpaired) electrons. The second kappa shape index (κ2) is 3.75. The van der Waals surface area contributed by atoms with Gasteiger partial charge in [-0.15, -0.1) is 10.2 Å². The minimum atomic E-state index is 0.150. The van der Waals surface area contributed by atoms with Crippen LogP contribution < -0.4 is 4.74 Å². The third kappa shape index (κ3) is 1.75. The first kappa shape index (κ1) is 8.58. The summed E-state index contributed by atoms with van der Waals surface area (Å²) in [6, 6.07) is 1.37. The van der Waals surface area contributed by atoms with Crippen LogP contribution in [0.4, 0.5) is 5.69 Å². The summed E-state index contributed by atoms with van der Waals surface area (Å²) in [5, 5.41) is 10.5. The van der Waals surface area contributed by atoms with Crippen LogP contribution in [0.3, 0.4) is 0 Å². The number of nitrogens with zero attached hydrogens (tertiary/aromatic N) is 5. The molecule has 0 aliphatic carbocycles. The summed E-state index contributed by atoms with van der Waals surface area (Å²) in [5.41, 5.74) is 8.36. The lowest BCUT2D eigenvalue weighted by molar-refractivity contribution is 0.393. The van der Waals surface area contributed by atoms with E-state index in [1.165, 1.54) is 13.2 Å². The third-order valence-corrected chi connectivity index (χ3v) is 1.24. The largest absolute Gasteiger partial charge is 0.480 e. The highest BCUT2D eigenvalue weighted by molar-refractivity contribution is 6.29. The fraction of sp³-hybridized carbons (Fsp3) is 0.200. The minimum Gasteiger partial charge on any atom is -0.480 e. The number of aromatic nitrogens is 2. The number of hydrogen-bond acceptors (Lipinski definition) is 4. The highest BCUT2D eigenvalue weighted by Gasteiger charge is 2.03. The normalized spacial score (nSPS) is 8.83. The number of rotatable bonds is 2. The average molecular weight is 186 g/mol. The molecule has 0 atom stereocenters. The van der Waals surface area contributed by atoms with Gasteiger partial charge in [0.1, 0.15) is 5.69 Å². The molecule has 0 spiro atoms. The smallest absolute Gasteiger partial charge is 0.242 e. The van der Waals surface area contributed by atoms with E-state index in [2.05, 4.69) is 20.2 Å². The molecule has 1 aromatic rings. The lowest BCUT2D eigenvalue weighted by Crippen LogP contribution is -1.90. The van der Waals surface area contributed by atoms with E-state index in [0.717, 1.165) is 0 Å². The summed E-state index contributed by atoms with van der Waals surface area (Å²) < 4.78 is 4.76. The van der Waals surface area contributed by atoms with Crippen LogP contribution >= 0.6 is 11.6 Å². The van der Waals surface area contributed by atoms with Crippen molar-refractivity contribution in [2.24, 2.45) is 5.11 Å². The molecule has 0 amide bonds. The Balaban J connectivity index is 3.20. The molecular formula is C5H4ClN5O. The van der Waals surface area contributed by atoms with Crippen molar-refractivity contribution < 1.29 is 4.74 Å². The van der Waals surface area contributed by atoms with Gasteiger partial charge in [0.05, 0.1) is 7.11 Å². The summed E-state index contributed by atoms with van der Waals surface area (Å²) in [6.45, 7) is 0. The molecular weight excluding hydrogens is 182 g/mol. The molecule has 62 valence electrons. The van der Waals surface area contributed by atoms with Crippen molar-refractivity contribution >= 4 is 17.3 Å².